The number of nitrogens with zero attached hydrogens (tertiary/aromatic N) is 2. The van der Waals surface area contributed by atoms with Crippen molar-refractivity contribution in [2.75, 3.05) is 0 Å². The Morgan fingerprint density at radius 1 is 0.294 bits per heavy atom. The molecular weight excluding hydrogens is 821 g/mol. The smallest absolute Gasteiger partial charge is 0.0541 e. The summed E-state index contributed by atoms with van der Waals surface area (Å²) in [4.78, 5) is 0. The molecule has 0 radical (unpaired) electrons. The van der Waals surface area contributed by atoms with E-state index in [1.807, 2.05) is 0 Å². The van der Waals surface area contributed by atoms with E-state index in [1.54, 1.807) is 0 Å². The first-order valence-corrected chi connectivity index (χ1v) is 24.0. The Labute approximate surface area is 397 Å². The summed E-state index contributed by atoms with van der Waals surface area (Å²) in [5, 5.41) is 5.17. The third-order valence-electron chi connectivity index (χ3n) is 14.5. The third kappa shape index (κ3) is 7.05. The van der Waals surface area contributed by atoms with E-state index in [0.29, 0.717) is 5.92 Å². The first-order valence-electron chi connectivity index (χ1n) is 24.0. The molecule has 0 saturated heterocycles. The van der Waals surface area contributed by atoms with Gasteiger partial charge in [-0.25, -0.2) is 0 Å². The van der Waals surface area contributed by atoms with E-state index in [4.69, 9.17) is 0 Å². The fourth-order valence-corrected chi connectivity index (χ4v) is 11.0. The number of para-hydroxylation sites is 2. The van der Waals surface area contributed by atoms with E-state index in [9.17, 15) is 0 Å². The predicted octanol–water partition coefficient (Wildman–Crippen LogP) is 17.9. The molecule has 1 aliphatic carbocycles. The Bertz CT molecular complexity index is 3820. The van der Waals surface area contributed by atoms with E-state index < -0.39 is 0 Å². The quantitative estimate of drug-likeness (QED) is 0.144. The van der Waals surface area contributed by atoms with Crippen LogP contribution in [0.1, 0.15) is 36.3 Å². The molecule has 13 rings (SSSR count). The molecule has 1 atom stereocenters. The maximum absolute atomic E-state index is 2.53. The Morgan fingerprint density at radius 3 is 1.06 bits per heavy atom. The van der Waals surface area contributed by atoms with Crippen LogP contribution in [-0.2, 0) is 0 Å². The minimum Gasteiger partial charge on any atom is -0.309 e. The largest absolute Gasteiger partial charge is 0.309 e. The summed E-state index contributed by atoms with van der Waals surface area (Å²) < 4.78 is 4.86. The van der Waals surface area contributed by atoms with Crippen LogP contribution in [0.4, 0.5) is 0 Å². The highest BCUT2D eigenvalue weighted by molar-refractivity contribution is 6.12. The Balaban J connectivity index is 0.845. The average Bonchev–Trinajstić information content (AvgIpc) is 3.93. The SMILES string of the molecule is C1=C(c2ccc3c(c2)c2cc(-c4ccc(-c5ccccc5)cc4)ccc2n3-c2ccccc2)CCC(c2ccc3c(c2)c2cc(-c4ccc(-c5ccccc5)cc4)ccc2n3-c2ccccc2)C1. The second-order valence-corrected chi connectivity index (χ2v) is 18.4. The van der Waals surface area contributed by atoms with Gasteiger partial charge in [0, 0.05) is 32.9 Å². The highest BCUT2D eigenvalue weighted by Gasteiger charge is 2.22. The normalized spacial score (nSPS) is 13.9. The summed E-state index contributed by atoms with van der Waals surface area (Å²) in [5.41, 5.74) is 21.3. The van der Waals surface area contributed by atoms with Crippen LogP contribution in [0.5, 0.6) is 0 Å². The van der Waals surface area contributed by atoms with Crippen LogP contribution in [0.25, 0.3) is 105 Å². The molecule has 10 aromatic carbocycles. The second kappa shape index (κ2) is 16.8. The van der Waals surface area contributed by atoms with Gasteiger partial charge in [0.2, 0.25) is 0 Å². The lowest BCUT2D eigenvalue weighted by Gasteiger charge is -2.23. The van der Waals surface area contributed by atoms with Gasteiger partial charge in [0.05, 0.1) is 22.1 Å². The van der Waals surface area contributed by atoms with Gasteiger partial charge in [-0.15, -0.1) is 0 Å². The number of benzene rings is 10. The monoisotopic (exact) mass is 868 g/mol. The van der Waals surface area contributed by atoms with Gasteiger partial charge in [0.25, 0.3) is 0 Å². The van der Waals surface area contributed by atoms with Crippen LogP contribution in [-0.4, -0.2) is 9.13 Å². The van der Waals surface area contributed by atoms with Crippen molar-refractivity contribution in [2.45, 2.75) is 25.2 Å². The first kappa shape index (κ1) is 39.9. The molecular formula is C66H48N2. The topological polar surface area (TPSA) is 9.86 Å². The summed E-state index contributed by atoms with van der Waals surface area (Å²) in [5.74, 6) is 0.451. The molecule has 68 heavy (non-hydrogen) atoms. The van der Waals surface area contributed by atoms with Crippen molar-refractivity contribution in [1.29, 1.82) is 0 Å². The van der Waals surface area contributed by atoms with Crippen molar-refractivity contribution in [3.8, 4) is 55.9 Å². The zero-order chi connectivity index (χ0) is 45.0. The highest BCUT2D eigenvalue weighted by Crippen LogP contribution is 2.43. The van der Waals surface area contributed by atoms with Gasteiger partial charge in [-0.05, 0) is 159 Å². The van der Waals surface area contributed by atoms with Crippen molar-refractivity contribution >= 4 is 49.2 Å². The molecule has 2 nitrogen and oxygen atoms in total. The van der Waals surface area contributed by atoms with Crippen LogP contribution in [0, 0.1) is 0 Å². The summed E-state index contributed by atoms with van der Waals surface area (Å²) in [6.45, 7) is 0. The number of fused-ring (bicyclic) bond motifs is 6. The van der Waals surface area contributed by atoms with Gasteiger partial charge in [-0.1, -0.05) is 176 Å². The van der Waals surface area contributed by atoms with Crippen LogP contribution < -0.4 is 0 Å². The molecule has 12 aromatic rings. The average molecular weight is 869 g/mol. The summed E-state index contributed by atoms with van der Waals surface area (Å²) in [6, 6.07) is 89.3. The zero-order valence-electron chi connectivity index (χ0n) is 37.8. The van der Waals surface area contributed by atoms with Crippen molar-refractivity contribution in [3.05, 3.63) is 260 Å². The Morgan fingerprint density at radius 2 is 0.632 bits per heavy atom. The van der Waals surface area contributed by atoms with Crippen molar-refractivity contribution in [1.82, 2.24) is 9.13 Å². The maximum atomic E-state index is 2.53. The van der Waals surface area contributed by atoms with Crippen LogP contribution >= 0.6 is 0 Å². The fraction of sp³-hybridized carbons (Fsp3) is 0.0606. The standard InChI is InChI=1S/C66H48N2/c1-5-13-45(14-6-1)47-21-25-49(26-22-47)53-33-37-63-59(41-53)61-43-55(35-39-65(61)67(63)57-17-9-3-10-18-57)51-29-31-52(32-30-51)56-36-40-66-62(44-56)60-42-54(34-38-64(60)68(66)58-19-11-4-12-20-58)50-27-23-48(24-28-50)46-15-7-2-8-16-46/h1-29,33-44,52H,30-32H2. The van der Waals surface area contributed by atoms with Gasteiger partial charge in [0.15, 0.2) is 0 Å². The van der Waals surface area contributed by atoms with E-state index in [-0.39, 0.29) is 0 Å². The molecule has 1 aliphatic rings. The number of hydrogen-bond acceptors (Lipinski definition) is 0. The molecule has 0 fully saturated rings. The fourth-order valence-electron chi connectivity index (χ4n) is 11.0. The highest BCUT2D eigenvalue weighted by atomic mass is 15.0. The lowest BCUT2D eigenvalue weighted by atomic mass is 9.82. The van der Waals surface area contributed by atoms with Gasteiger partial charge in [0.1, 0.15) is 0 Å². The molecule has 1 unspecified atom stereocenters. The second-order valence-electron chi connectivity index (χ2n) is 18.4. The number of allylic oxidation sites excluding steroid dienone is 2. The molecule has 2 heteroatoms. The molecule has 0 aliphatic heterocycles. The van der Waals surface area contributed by atoms with Gasteiger partial charge >= 0.3 is 0 Å². The number of rotatable bonds is 8. The molecule has 0 saturated carbocycles. The zero-order valence-corrected chi connectivity index (χ0v) is 37.8. The Hall–Kier alpha value is -8.46. The number of aromatic nitrogens is 2. The lowest BCUT2D eigenvalue weighted by Crippen LogP contribution is -2.04. The first-order chi connectivity index (χ1) is 33.7. The molecule has 0 bridgehead atoms. The molecule has 0 spiro atoms. The summed E-state index contributed by atoms with van der Waals surface area (Å²) >= 11 is 0. The predicted molar refractivity (Wildman–Crippen MR) is 288 cm³/mol. The number of hydrogen-bond donors (Lipinski definition) is 0. The third-order valence-corrected chi connectivity index (χ3v) is 14.5. The van der Waals surface area contributed by atoms with Crippen molar-refractivity contribution in [2.24, 2.45) is 0 Å². The van der Waals surface area contributed by atoms with Gasteiger partial charge < -0.3 is 9.13 Å². The van der Waals surface area contributed by atoms with Crippen LogP contribution in [0.15, 0.2) is 249 Å². The lowest BCUT2D eigenvalue weighted by molar-refractivity contribution is 0.626. The summed E-state index contributed by atoms with van der Waals surface area (Å²) in [7, 11) is 0. The van der Waals surface area contributed by atoms with E-state index in [2.05, 4.69) is 258 Å². The van der Waals surface area contributed by atoms with Gasteiger partial charge in [-0.3, -0.25) is 0 Å². The minimum absolute atomic E-state index is 0.451. The van der Waals surface area contributed by atoms with Gasteiger partial charge in [-0.2, -0.15) is 0 Å². The molecule has 322 valence electrons. The van der Waals surface area contributed by atoms with E-state index in [1.165, 1.54) is 116 Å². The van der Waals surface area contributed by atoms with Crippen LogP contribution in [0.3, 0.4) is 0 Å². The molecule has 0 amide bonds. The van der Waals surface area contributed by atoms with E-state index >= 15 is 0 Å². The Kier molecular flexibility index (Phi) is 9.83. The summed E-state index contributed by atoms with van der Waals surface area (Å²) in [6.07, 6.45) is 5.70. The van der Waals surface area contributed by atoms with Crippen molar-refractivity contribution < 1.29 is 0 Å². The maximum Gasteiger partial charge on any atom is 0.0541 e. The molecule has 2 aromatic heterocycles. The van der Waals surface area contributed by atoms with Crippen LogP contribution in [0.2, 0.25) is 0 Å². The molecule has 2 heterocycles. The minimum atomic E-state index is 0.451. The molecule has 0 N–H and O–H groups in total. The van der Waals surface area contributed by atoms with Crippen molar-refractivity contribution in [3.63, 3.8) is 0 Å². The van der Waals surface area contributed by atoms with E-state index in [0.717, 1.165) is 19.3 Å².